The molecule has 0 heterocycles. The highest BCUT2D eigenvalue weighted by Crippen LogP contribution is 2.36. The van der Waals surface area contributed by atoms with E-state index >= 15 is 0 Å². The summed E-state index contributed by atoms with van der Waals surface area (Å²) in [6.07, 6.45) is 0. The third-order valence-electron chi connectivity index (χ3n) is 4.28. The van der Waals surface area contributed by atoms with Crippen LogP contribution in [-0.2, 0) is 14.8 Å². The molecule has 1 aromatic carbocycles. The van der Waals surface area contributed by atoms with Crippen LogP contribution in [0.15, 0.2) is 30.3 Å². The maximum Gasteiger partial charge on any atom is 0.192 e. The highest BCUT2D eigenvalue weighted by atomic mass is 28.4. The van der Waals surface area contributed by atoms with Gasteiger partial charge in [0.25, 0.3) is 0 Å². The fraction of sp³-hybridized carbons (Fsp3) is 0.647. The van der Waals surface area contributed by atoms with Crippen molar-refractivity contribution >= 4 is 8.32 Å². The molecule has 0 unspecified atom stereocenters. The van der Waals surface area contributed by atoms with Crippen LogP contribution in [0.25, 0.3) is 0 Å². The Morgan fingerprint density at radius 3 is 1.95 bits per heavy atom. The van der Waals surface area contributed by atoms with Gasteiger partial charge in [-0.05, 0) is 37.5 Å². The molecule has 1 rings (SSSR count). The fourth-order valence-corrected chi connectivity index (χ4v) is 2.76. The first-order valence-corrected chi connectivity index (χ1v) is 10.3. The Balaban J connectivity index is 2.45. The van der Waals surface area contributed by atoms with Crippen molar-refractivity contribution in [3.05, 3.63) is 35.9 Å². The van der Waals surface area contributed by atoms with Gasteiger partial charge in [0.05, 0.1) is 18.8 Å². The number of rotatable bonds is 6. The fourth-order valence-electron chi connectivity index (χ4n) is 1.73. The third-order valence-corrected chi connectivity index (χ3v) is 8.82. The zero-order valence-corrected chi connectivity index (χ0v) is 15.1. The molecule has 0 saturated heterocycles. The highest BCUT2D eigenvalue weighted by Gasteiger charge is 2.37. The Morgan fingerprint density at radius 1 is 0.900 bits per heavy atom. The van der Waals surface area contributed by atoms with E-state index in [1.807, 2.05) is 18.2 Å². The van der Waals surface area contributed by atoms with Gasteiger partial charge in [-0.3, -0.25) is 0 Å². The molecule has 0 bridgehead atoms. The smallest absolute Gasteiger partial charge is 0.192 e. The zero-order chi connectivity index (χ0) is 15.4. The molecule has 114 valence electrons. The molecule has 0 radical (unpaired) electrons. The minimum atomic E-state index is -1.66. The van der Waals surface area contributed by atoms with Crippen LogP contribution in [0, 0.1) is 0 Å². The summed E-state index contributed by atoms with van der Waals surface area (Å²) in [5, 5.41) is 0.252. The lowest BCUT2D eigenvalue weighted by Gasteiger charge is -2.36. The predicted molar refractivity (Wildman–Crippen MR) is 88.6 cm³/mol. The molecule has 0 aliphatic rings. The quantitative estimate of drug-likeness (QED) is 0.545. The van der Waals surface area contributed by atoms with Crippen LogP contribution < -0.4 is 0 Å². The van der Waals surface area contributed by atoms with Crippen LogP contribution in [0.2, 0.25) is 18.1 Å². The van der Waals surface area contributed by atoms with E-state index in [0.717, 1.165) is 0 Å². The van der Waals surface area contributed by atoms with Crippen molar-refractivity contribution in [3.8, 4) is 0 Å². The summed E-state index contributed by atoms with van der Waals surface area (Å²) in [5.74, 6) is 0. The first-order chi connectivity index (χ1) is 9.06. The van der Waals surface area contributed by atoms with E-state index < -0.39 is 8.32 Å². The van der Waals surface area contributed by atoms with Gasteiger partial charge >= 0.3 is 0 Å². The molecule has 0 amide bonds. The third kappa shape index (κ3) is 4.72. The average molecular weight is 295 g/mol. The van der Waals surface area contributed by atoms with Crippen molar-refractivity contribution < 1.29 is 9.16 Å². The Labute approximate surface area is 125 Å². The molecule has 0 saturated carbocycles. The lowest BCUT2D eigenvalue weighted by molar-refractivity contribution is -0.0352. The summed E-state index contributed by atoms with van der Waals surface area (Å²) in [7, 11) is -1.66. The molecule has 0 spiro atoms. The molecule has 0 N–H and O–H groups in total. The van der Waals surface area contributed by atoms with Crippen LogP contribution in [0.4, 0.5) is 0 Å². The topological polar surface area (TPSA) is 18.5 Å². The summed E-state index contributed by atoms with van der Waals surface area (Å²) in [4.78, 5) is 0. The summed E-state index contributed by atoms with van der Waals surface area (Å²) in [5.41, 5.74) is 0.935. The van der Waals surface area contributed by atoms with Gasteiger partial charge in [0.15, 0.2) is 8.32 Å². The van der Waals surface area contributed by atoms with E-state index in [4.69, 9.17) is 9.16 Å². The predicted octanol–water partition coefficient (Wildman–Crippen LogP) is 4.96. The molecule has 2 nitrogen and oxygen atoms in total. The van der Waals surface area contributed by atoms with Gasteiger partial charge < -0.3 is 9.16 Å². The van der Waals surface area contributed by atoms with E-state index in [9.17, 15) is 0 Å². The SMILES string of the molecule is CC(C)(OCCO[Si](C)(C)C(C)(C)C)c1ccccc1. The van der Waals surface area contributed by atoms with Gasteiger partial charge in [-0.15, -0.1) is 0 Å². The first kappa shape index (κ1) is 17.4. The van der Waals surface area contributed by atoms with Crippen molar-refractivity contribution in [2.45, 2.75) is 58.4 Å². The van der Waals surface area contributed by atoms with E-state index in [0.29, 0.717) is 13.2 Å². The minimum Gasteiger partial charge on any atom is -0.414 e. The number of ether oxygens (including phenoxy) is 1. The van der Waals surface area contributed by atoms with Crippen molar-refractivity contribution in [2.75, 3.05) is 13.2 Å². The molecule has 3 heteroatoms. The maximum atomic E-state index is 6.14. The van der Waals surface area contributed by atoms with E-state index in [1.165, 1.54) is 5.56 Å². The van der Waals surface area contributed by atoms with Crippen molar-refractivity contribution in [3.63, 3.8) is 0 Å². The molecular formula is C17H30O2Si. The molecule has 0 aromatic heterocycles. The van der Waals surface area contributed by atoms with Crippen molar-refractivity contribution in [2.24, 2.45) is 0 Å². The standard InChI is InChI=1S/C17H30O2Si/c1-16(2,3)20(6,7)19-14-13-18-17(4,5)15-11-9-8-10-12-15/h8-12H,13-14H2,1-7H3. The van der Waals surface area contributed by atoms with Crippen molar-refractivity contribution in [1.82, 2.24) is 0 Å². The second-order valence-electron chi connectivity index (χ2n) is 7.33. The van der Waals surface area contributed by atoms with Crippen LogP contribution in [0.3, 0.4) is 0 Å². The molecular weight excluding hydrogens is 264 g/mol. The van der Waals surface area contributed by atoms with Gasteiger partial charge in [0, 0.05) is 0 Å². The summed E-state index contributed by atoms with van der Waals surface area (Å²) < 4.78 is 12.2. The highest BCUT2D eigenvalue weighted by molar-refractivity contribution is 6.74. The largest absolute Gasteiger partial charge is 0.414 e. The molecule has 0 atom stereocenters. The van der Waals surface area contributed by atoms with Gasteiger partial charge in [-0.2, -0.15) is 0 Å². The normalized spacial score (nSPS) is 13.6. The van der Waals surface area contributed by atoms with Crippen molar-refractivity contribution in [1.29, 1.82) is 0 Å². The van der Waals surface area contributed by atoms with Gasteiger partial charge in [0.2, 0.25) is 0 Å². The Kier molecular flexibility index (Phi) is 5.59. The van der Waals surface area contributed by atoms with Crippen LogP contribution >= 0.6 is 0 Å². The lowest BCUT2D eigenvalue weighted by atomic mass is 9.98. The maximum absolute atomic E-state index is 6.14. The minimum absolute atomic E-state index is 0.252. The summed E-state index contributed by atoms with van der Waals surface area (Å²) >= 11 is 0. The number of benzene rings is 1. The molecule has 0 fully saturated rings. The second kappa shape index (κ2) is 6.42. The summed E-state index contributed by atoms with van der Waals surface area (Å²) in [6.45, 7) is 16.8. The zero-order valence-electron chi connectivity index (χ0n) is 14.1. The van der Waals surface area contributed by atoms with Crippen LogP contribution in [0.5, 0.6) is 0 Å². The Hall–Kier alpha value is -0.643. The lowest BCUT2D eigenvalue weighted by Crippen LogP contribution is -2.41. The Bertz CT molecular complexity index is 405. The van der Waals surface area contributed by atoms with E-state index in [-0.39, 0.29) is 10.6 Å². The molecule has 0 aliphatic heterocycles. The average Bonchev–Trinajstić information content (AvgIpc) is 2.34. The van der Waals surface area contributed by atoms with E-state index in [2.05, 4.69) is 59.8 Å². The molecule has 20 heavy (non-hydrogen) atoms. The second-order valence-corrected chi connectivity index (χ2v) is 12.1. The van der Waals surface area contributed by atoms with E-state index in [1.54, 1.807) is 0 Å². The molecule has 0 aliphatic carbocycles. The Morgan fingerprint density at radius 2 is 1.45 bits per heavy atom. The van der Waals surface area contributed by atoms with Gasteiger partial charge in [-0.25, -0.2) is 0 Å². The van der Waals surface area contributed by atoms with Gasteiger partial charge in [0.1, 0.15) is 0 Å². The van der Waals surface area contributed by atoms with Crippen LogP contribution in [-0.4, -0.2) is 21.5 Å². The molecule has 1 aromatic rings. The first-order valence-electron chi connectivity index (χ1n) is 7.40. The van der Waals surface area contributed by atoms with Gasteiger partial charge in [-0.1, -0.05) is 51.1 Å². The van der Waals surface area contributed by atoms with Crippen LogP contribution in [0.1, 0.15) is 40.2 Å². The monoisotopic (exact) mass is 294 g/mol. The number of hydrogen-bond donors (Lipinski definition) is 0. The number of hydrogen-bond acceptors (Lipinski definition) is 2. The summed E-state index contributed by atoms with van der Waals surface area (Å²) in [6, 6.07) is 10.3.